The molecule has 98 valence electrons. The molecule has 0 spiro atoms. The van der Waals surface area contributed by atoms with Crippen LogP contribution in [0.25, 0.3) is 0 Å². The molecule has 1 saturated carbocycles. The summed E-state index contributed by atoms with van der Waals surface area (Å²) in [6.07, 6.45) is 4.93. The third-order valence-corrected chi connectivity index (χ3v) is 4.18. The average Bonchev–Trinajstić information content (AvgIpc) is 2.83. The Balaban J connectivity index is 1.76. The minimum absolute atomic E-state index is 0.180. The van der Waals surface area contributed by atoms with Crippen molar-refractivity contribution in [2.75, 3.05) is 13.2 Å². The van der Waals surface area contributed by atoms with Gasteiger partial charge >= 0.3 is 0 Å². The molecule has 1 heterocycles. The Morgan fingerprint density at radius 3 is 2.59 bits per heavy atom. The molecule has 4 heteroatoms. The van der Waals surface area contributed by atoms with E-state index in [2.05, 4.69) is 12.2 Å². The van der Waals surface area contributed by atoms with Crippen molar-refractivity contribution in [1.29, 1.82) is 0 Å². The van der Waals surface area contributed by atoms with Crippen LogP contribution in [0, 0.1) is 11.8 Å². The predicted octanol–water partition coefficient (Wildman–Crippen LogP) is 1.05. The van der Waals surface area contributed by atoms with E-state index in [0.29, 0.717) is 12.0 Å². The number of amides is 1. The van der Waals surface area contributed by atoms with Crippen LogP contribution in [0.4, 0.5) is 0 Å². The maximum atomic E-state index is 12.1. The second-order valence-corrected chi connectivity index (χ2v) is 5.53. The molecule has 0 radical (unpaired) electrons. The summed E-state index contributed by atoms with van der Waals surface area (Å²) in [4.78, 5) is 12.1. The summed E-state index contributed by atoms with van der Waals surface area (Å²) in [6.45, 7) is 3.71. The molecule has 1 amide bonds. The molecule has 4 nitrogen and oxygen atoms in total. The molecule has 2 rings (SSSR count). The van der Waals surface area contributed by atoms with E-state index in [1.54, 1.807) is 0 Å². The highest BCUT2D eigenvalue weighted by Gasteiger charge is 2.28. The van der Waals surface area contributed by atoms with Gasteiger partial charge in [0.05, 0.1) is 6.61 Å². The van der Waals surface area contributed by atoms with Crippen LogP contribution in [0.3, 0.4) is 0 Å². The van der Waals surface area contributed by atoms with Crippen LogP contribution in [-0.2, 0) is 9.53 Å². The molecule has 2 unspecified atom stereocenters. The number of rotatable bonds is 3. The summed E-state index contributed by atoms with van der Waals surface area (Å²) >= 11 is 0. The number of hydrogen-bond donors (Lipinski definition) is 2. The number of nitrogens with two attached hydrogens (primary N) is 1. The van der Waals surface area contributed by atoms with Gasteiger partial charge in [-0.15, -0.1) is 0 Å². The zero-order chi connectivity index (χ0) is 12.3. The molecule has 2 fully saturated rings. The fraction of sp³-hybridized carbons (Fsp3) is 0.923. The van der Waals surface area contributed by atoms with Gasteiger partial charge in [0.25, 0.3) is 0 Å². The van der Waals surface area contributed by atoms with Gasteiger partial charge in [0.2, 0.25) is 5.91 Å². The van der Waals surface area contributed by atoms with Crippen molar-refractivity contribution in [3.63, 3.8) is 0 Å². The van der Waals surface area contributed by atoms with Crippen molar-refractivity contribution in [1.82, 2.24) is 5.32 Å². The Bertz CT molecular complexity index is 256. The first-order chi connectivity index (χ1) is 8.16. The molecule has 0 aromatic rings. The lowest BCUT2D eigenvalue weighted by molar-refractivity contribution is -0.127. The van der Waals surface area contributed by atoms with Crippen molar-refractivity contribution in [3.05, 3.63) is 0 Å². The first-order valence-corrected chi connectivity index (χ1v) is 6.80. The maximum absolute atomic E-state index is 12.1. The first kappa shape index (κ1) is 12.8. The van der Waals surface area contributed by atoms with Gasteiger partial charge in [-0.1, -0.05) is 0 Å². The average molecular weight is 240 g/mol. The van der Waals surface area contributed by atoms with Crippen molar-refractivity contribution in [2.24, 2.45) is 17.6 Å². The van der Waals surface area contributed by atoms with Crippen LogP contribution in [0.5, 0.6) is 0 Å². The van der Waals surface area contributed by atoms with Crippen molar-refractivity contribution < 1.29 is 9.53 Å². The number of carbonyl (C=O) groups excluding carboxylic acids is 1. The highest BCUT2D eigenvalue weighted by molar-refractivity contribution is 5.79. The standard InChI is InChI=1S/C13H24N2O2/c1-9(11-6-7-17-8-11)15-13(16)10-2-4-12(14)5-3-10/h9-12H,2-8,14H2,1H3,(H,15,16). The summed E-state index contributed by atoms with van der Waals surface area (Å²) < 4.78 is 5.35. The Kier molecular flexibility index (Phi) is 4.40. The molecule has 0 bridgehead atoms. The highest BCUT2D eigenvalue weighted by atomic mass is 16.5. The SMILES string of the molecule is CC(NC(=O)C1CCC(N)CC1)C1CCOC1. The predicted molar refractivity (Wildman–Crippen MR) is 66.5 cm³/mol. The molecule has 17 heavy (non-hydrogen) atoms. The number of ether oxygens (including phenoxy) is 1. The molecule has 2 aliphatic rings. The third-order valence-electron chi connectivity index (χ3n) is 4.18. The van der Waals surface area contributed by atoms with Crippen LogP contribution in [0.2, 0.25) is 0 Å². The van der Waals surface area contributed by atoms with E-state index in [1.807, 2.05) is 0 Å². The molecule has 1 saturated heterocycles. The summed E-state index contributed by atoms with van der Waals surface area (Å²) in [6, 6.07) is 0.542. The Morgan fingerprint density at radius 2 is 2.00 bits per heavy atom. The lowest BCUT2D eigenvalue weighted by atomic mass is 9.85. The Labute approximate surface area is 103 Å². The number of carbonyl (C=O) groups is 1. The second kappa shape index (κ2) is 5.83. The zero-order valence-electron chi connectivity index (χ0n) is 10.7. The summed E-state index contributed by atoms with van der Waals surface area (Å²) in [5.74, 6) is 0.890. The van der Waals surface area contributed by atoms with E-state index >= 15 is 0 Å². The molecule has 2 atom stereocenters. The normalized spacial score (nSPS) is 35.5. The minimum atomic E-state index is 0.180. The van der Waals surface area contributed by atoms with Crippen molar-refractivity contribution in [2.45, 2.75) is 51.1 Å². The van der Waals surface area contributed by atoms with Crippen LogP contribution in [-0.4, -0.2) is 31.2 Å². The quantitative estimate of drug-likeness (QED) is 0.775. The van der Waals surface area contributed by atoms with E-state index in [0.717, 1.165) is 45.3 Å². The van der Waals surface area contributed by atoms with Gasteiger partial charge in [-0.3, -0.25) is 4.79 Å². The summed E-state index contributed by atoms with van der Waals surface area (Å²) in [5, 5.41) is 3.15. The second-order valence-electron chi connectivity index (χ2n) is 5.53. The monoisotopic (exact) mass is 240 g/mol. The smallest absolute Gasteiger partial charge is 0.223 e. The van der Waals surface area contributed by atoms with Crippen LogP contribution in [0.1, 0.15) is 39.0 Å². The molecule has 1 aliphatic carbocycles. The fourth-order valence-electron chi connectivity index (χ4n) is 2.79. The summed E-state index contributed by atoms with van der Waals surface area (Å²) in [5.41, 5.74) is 5.85. The number of hydrogen-bond acceptors (Lipinski definition) is 3. The first-order valence-electron chi connectivity index (χ1n) is 6.80. The van der Waals surface area contributed by atoms with Crippen LogP contribution < -0.4 is 11.1 Å². The largest absolute Gasteiger partial charge is 0.381 e. The van der Waals surface area contributed by atoms with Gasteiger partial charge in [0, 0.05) is 30.5 Å². The Morgan fingerprint density at radius 1 is 1.29 bits per heavy atom. The molecule has 1 aliphatic heterocycles. The lowest BCUT2D eigenvalue weighted by Crippen LogP contribution is -2.43. The topological polar surface area (TPSA) is 64.4 Å². The Hall–Kier alpha value is -0.610. The number of nitrogens with one attached hydrogen (secondary N) is 1. The van der Waals surface area contributed by atoms with Crippen molar-refractivity contribution >= 4 is 5.91 Å². The lowest BCUT2D eigenvalue weighted by Gasteiger charge is -2.27. The van der Waals surface area contributed by atoms with Gasteiger partial charge in [0.15, 0.2) is 0 Å². The molecule has 3 N–H and O–H groups in total. The van der Waals surface area contributed by atoms with Gasteiger partial charge in [0.1, 0.15) is 0 Å². The van der Waals surface area contributed by atoms with E-state index < -0.39 is 0 Å². The van der Waals surface area contributed by atoms with Gasteiger partial charge in [-0.25, -0.2) is 0 Å². The van der Waals surface area contributed by atoms with Crippen LogP contribution in [0.15, 0.2) is 0 Å². The fourth-order valence-corrected chi connectivity index (χ4v) is 2.79. The summed E-state index contributed by atoms with van der Waals surface area (Å²) in [7, 11) is 0. The van der Waals surface area contributed by atoms with Gasteiger partial charge < -0.3 is 15.8 Å². The molecule has 0 aromatic carbocycles. The van der Waals surface area contributed by atoms with Crippen molar-refractivity contribution in [3.8, 4) is 0 Å². The third kappa shape index (κ3) is 3.42. The van der Waals surface area contributed by atoms with E-state index in [4.69, 9.17) is 10.5 Å². The van der Waals surface area contributed by atoms with Crippen LogP contribution >= 0.6 is 0 Å². The maximum Gasteiger partial charge on any atom is 0.223 e. The highest BCUT2D eigenvalue weighted by Crippen LogP contribution is 2.24. The molecular formula is C13H24N2O2. The van der Waals surface area contributed by atoms with E-state index in [9.17, 15) is 4.79 Å². The van der Waals surface area contributed by atoms with E-state index in [1.165, 1.54) is 0 Å². The minimum Gasteiger partial charge on any atom is -0.381 e. The van der Waals surface area contributed by atoms with Gasteiger partial charge in [-0.2, -0.15) is 0 Å². The zero-order valence-corrected chi connectivity index (χ0v) is 10.7. The molecule has 0 aromatic heterocycles. The van der Waals surface area contributed by atoms with Gasteiger partial charge in [-0.05, 0) is 39.0 Å². The van der Waals surface area contributed by atoms with E-state index in [-0.39, 0.29) is 17.9 Å². The molecular weight excluding hydrogens is 216 g/mol.